The third-order valence-electron chi connectivity index (χ3n) is 7.77. The van der Waals surface area contributed by atoms with E-state index in [0.717, 1.165) is 12.8 Å². The molecule has 1 unspecified atom stereocenters. The highest BCUT2D eigenvalue weighted by Gasteiger charge is 2.38. The Morgan fingerprint density at radius 3 is 2.48 bits per heavy atom. The summed E-state index contributed by atoms with van der Waals surface area (Å²) in [6.07, 6.45) is 3.69. The maximum Gasteiger partial charge on any atom is 0.387 e. The predicted octanol–water partition coefficient (Wildman–Crippen LogP) is 5.88. The number of sulfonamides is 1. The van der Waals surface area contributed by atoms with Crippen molar-refractivity contribution in [2.75, 3.05) is 33.0 Å². The zero-order valence-corrected chi connectivity index (χ0v) is 29.2. The Morgan fingerprint density at radius 2 is 1.81 bits per heavy atom. The van der Waals surface area contributed by atoms with Crippen LogP contribution in [0, 0.1) is 5.92 Å². The van der Waals surface area contributed by atoms with Gasteiger partial charge in [0, 0.05) is 43.9 Å². The largest absolute Gasteiger partial charge is 0.489 e. The number of aromatic amines is 1. The van der Waals surface area contributed by atoms with Crippen molar-refractivity contribution in [1.29, 1.82) is 0 Å². The van der Waals surface area contributed by atoms with Gasteiger partial charge in [-0.1, -0.05) is 35.3 Å². The third kappa shape index (κ3) is 8.89. The highest BCUT2D eigenvalue weighted by molar-refractivity contribution is 8.01. The number of hydrogen-bond acceptors (Lipinski definition) is 8. The number of halogens is 4. The van der Waals surface area contributed by atoms with Gasteiger partial charge in [-0.3, -0.25) is 9.59 Å². The number of aromatic nitrogens is 1. The molecule has 1 aliphatic heterocycles. The van der Waals surface area contributed by atoms with E-state index in [9.17, 15) is 26.8 Å². The molecule has 1 amide bonds. The molecule has 2 fully saturated rings. The van der Waals surface area contributed by atoms with Gasteiger partial charge >= 0.3 is 12.6 Å². The number of esters is 1. The van der Waals surface area contributed by atoms with Gasteiger partial charge in [-0.15, -0.1) is 11.8 Å². The number of H-pyrrole nitrogens is 1. The van der Waals surface area contributed by atoms with Crippen LogP contribution in [0.25, 0.3) is 0 Å². The van der Waals surface area contributed by atoms with Crippen LogP contribution in [-0.4, -0.2) is 74.5 Å². The normalized spacial score (nSPS) is 17.3. The molecule has 1 saturated carbocycles. The van der Waals surface area contributed by atoms with Crippen molar-refractivity contribution in [2.45, 2.75) is 48.7 Å². The number of hydrogen-bond donors (Lipinski definition) is 0. The number of amides is 1. The lowest BCUT2D eigenvalue weighted by Gasteiger charge is -2.25. The molecule has 16 heteroatoms. The Kier molecular flexibility index (Phi) is 11.7. The first kappa shape index (κ1) is 36.1. The van der Waals surface area contributed by atoms with E-state index in [4.69, 9.17) is 32.7 Å². The molecule has 5 rings (SSSR count). The summed E-state index contributed by atoms with van der Waals surface area (Å²) in [4.78, 5) is 30.2. The predicted molar refractivity (Wildman–Crippen MR) is 176 cm³/mol. The summed E-state index contributed by atoms with van der Waals surface area (Å²) in [6.45, 7) is -2.61. The van der Waals surface area contributed by atoms with Gasteiger partial charge in [0.05, 0.1) is 23.3 Å². The minimum absolute atomic E-state index is 0.0156. The van der Waals surface area contributed by atoms with E-state index in [-0.39, 0.29) is 57.3 Å². The second kappa shape index (κ2) is 15.6. The fourth-order valence-corrected chi connectivity index (χ4v) is 8.86. The van der Waals surface area contributed by atoms with E-state index in [1.807, 2.05) is 0 Å². The molecule has 0 radical (unpaired) electrons. The average Bonchev–Trinajstić information content (AvgIpc) is 3.76. The standard InChI is InChI=1S/C32H33Cl2F2N3O7S2/c1-38(2)31(41)21-4-3-5-22(12-21)48(42,43)39-10-11-47-29(39)15-30(40)45-27(14-23-24(33)16-37-17-25(23)34)20-8-9-26(46-32(35)36)28(13-20)44-18-19-6-7-19/h3-5,8-9,12-13,16-17,19,27,29,32H,6-7,10-11,14-15,18H2,1-2H3/p+1/t27-,29?/m0/s1. The fourth-order valence-electron chi connectivity index (χ4n) is 5.08. The molecule has 2 aliphatic rings. The molecule has 48 heavy (non-hydrogen) atoms. The highest BCUT2D eigenvalue weighted by Crippen LogP contribution is 2.39. The molecule has 1 aromatic heterocycles. The lowest BCUT2D eigenvalue weighted by molar-refractivity contribution is -0.377. The van der Waals surface area contributed by atoms with Gasteiger partial charge < -0.3 is 19.1 Å². The monoisotopic (exact) mass is 744 g/mol. The molecule has 1 aliphatic carbocycles. The molecule has 1 N–H and O–H groups in total. The van der Waals surface area contributed by atoms with Crippen LogP contribution in [0.5, 0.6) is 11.5 Å². The number of thioether (sulfide) groups is 1. The molecule has 2 atom stereocenters. The van der Waals surface area contributed by atoms with Crippen molar-refractivity contribution in [2.24, 2.45) is 5.92 Å². The lowest BCUT2D eigenvalue weighted by atomic mass is 10.0. The molecular formula is C32H34Cl2F2N3O7S2+. The Balaban J connectivity index is 1.39. The Morgan fingerprint density at radius 1 is 1.08 bits per heavy atom. The second-order valence-corrected chi connectivity index (χ2v) is 15.5. The minimum Gasteiger partial charge on any atom is -0.489 e. The summed E-state index contributed by atoms with van der Waals surface area (Å²) in [5.74, 6) is -0.392. The van der Waals surface area contributed by atoms with Crippen LogP contribution in [0.2, 0.25) is 10.0 Å². The molecule has 2 aromatic carbocycles. The van der Waals surface area contributed by atoms with Crippen LogP contribution in [0.15, 0.2) is 59.8 Å². The smallest absolute Gasteiger partial charge is 0.387 e. The van der Waals surface area contributed by atoms with Crippen LogP contribution in [0.4, 0.5) is 8.78 Å². The van der Waals surface area contributed by atoms with Crippen molar-refractivity contribution >= 4 is 56.9 Å². The van der Waals surface area contributed by atoms with Gasteiger partial charge in [0.1, 0.15) is 16.1 Å². The quantitative estimate of drug-likeness (QED) is 0.188. The summed E-state index contributed by atoms with van der Waals surface area (Å²) in [5, 5.41) is -0.218. The second-order valence-electron chi connectivity index (χ2n) is 11.5. The van der Waals surface area contributed by atoms with Crippen LogP contribution in [-0.2, 0) is 26.0 Å². The SMILES string of the molecule is CN(C)C(=O)c1cccc(S(=O)(=O)N2CCSC2CC(=O)O[C@@H](Cc2c(Cl)c[nH+]cc2Cl)c2ccc(OC(F)F)c(OCC3CC3)c2)c1. The van der Waals surface area contributed by atoms with Crippen molar-refractivity contribution in [3.63, 3.8) is 0 Å². The summed E-state index contributed by atoms with van der Waals surface area (Å²) in [5.41, 5.74) is 1.09. The van der Waals surface area contributed by atoms with Gasteiger partial charge in [-0.05, 0) is 54.7 Å². The van der Waals surface area contributed by atoms with Crippen molar-refractivity contribution in [3.05, 3.63) is 81.6 Å². The van der Waals surface area contributed by atoms with Crippen molar-refractivity contribution < 1.29 is 46.0 Å². The number of ether oxygens (including phenoxy) is 3. The van der Waals surface area contributed by atoms with Crippen molar-refractivity contribution in [3.8, 4) is 11.5 Å². The van der Waals surface area contributed by atoms with E-state index >= 15 is 0 Å². The number of pyridine rings is 1. The first-order chi connectivity index (χ1) is 22.8. The van der Waals surface area contributed by atoms with Gasteiger partial charge in [0.2, 0.25) is 10.0 Å². The van der Waals surface area contributed by atoms with E-state index in [0.29, 0.717) is 29.4 Å². The molecule has 0 spiro atoms. The average molecular weight is 746 g/mol. The number of rotatable bonds is 14. The Bertz CT molecular complexity index is 1740. The molecular weight excluding hydrogens is 711 g/mol. The molecule has 10 nitrogen and oxygen atoms in total. The lowest BCUT2D eigenvalue weighted by Crippen LogP contribution is -2.36. The first-order valence-electron chi connectivity index (χ1n) is 15.0. The minimum atomic E-state index is -4.08. The number of carbonyl (C=O) groups is 2. The molecule has 2 heterocycles. The summed E-state index contributed by atoms with van der Waals surface area (Å²) >= 11 is 14.2. The van der Waals surface area contributed by atoms with Crippen LogP contribution in [0.1, 0.15) is 46.9 Å². The third-order valence-corrected chi connectivity index (χ3v) is 11.7. The topological polar surface area (TPSA) is 117 Å². The molecule has 258 valence electrons. The number of benzene rings is 2. The van der Waals surface area contributed by atoms with E-state index in [2.05, 4.69) is 9.72 Å². The Labute approximate surface area is 291 Å². The number of carbonyl (C=O) groups excluding carboxylic acids is 2. The Hall–Kier alpha value is -3.17. The number of nitrogens with one attached hydrogen (secondary N) is 1. The van der Waals surface area contributed by atoms with Crippen LogP contribution in [0.3, 0.4) is 0 Å². The molecule has 1 saturated heterocycles. The zero-order chi connectivity index (χ0) is 34.6. The van der Waals surface area contributed by atoms with Gasteiger partial charge in [-0.25, -0.2) is 13.4 Å². The van der Waals surface area contributed by atoms with Gasteiger partial charge in [0.15, 0.2) is 23.9 Å². The molecule has 3 aromatic rings. The number of nitrogens with zero attached hydrogens (tertiary/aromatic N) is 2. The molecule has 0 bridgehead atoms. The first-order valence-corrected chi connectivity index (χ1v) is 18.3. The van der Waals surface area contributed by atoms with Crippen LogP contribution < -0.4 is 14.5 Å². The highest BCUT2D eigenvalue weighted by atomic mass is 35.5. The van der Waals surface area contributed by atoms with Gasteiger partial charge in [-0.2, -0.15) is 13.1 Å². The van der Waals surface area contributed by atoms with Gasteiger partial charge in [0.25, 0.3) is 5.91 Å². The zero-order valence-electron chi connectivity index (χ0n) is 26.0. The van der Waals surface area contributed by atoms with Crippen LogP contribution >= 0.6 is 35.0 Å². The van der Waals surface area contributed by atoms with Crippen molar-refractivity contribution in [1.82, 2.24) is 9.21 Å². The summed E-state index contributed by atoms with van der Waals surface area (Å²) in [6, 6.07) is 10.1. The van der Waals surface area contributed by atoms with E-state index in [1.54, 1.807) is 14.1 Å². The van der Waals surface area contributed by atoms with E-state index in [1.165, 1.54) is 75.8 Å². The number of alkyl halides is 2. The maximum absolute atomic E-state index is 13.7. The summed E-state index contributed by atoms with van der Waals surface area (Å²) < 4.78 is 71.5. The van der Waals surface area contributed by atoms with E-state index < -0.39 is 34.1 Å². The maximum atomic E-state index is 13.7. The summed E-state index contributed by atoms with van der Waals surface area (Å²) in [7, 11) is -0.939. The fraction of sp³-hybridized carbons (Fsp3) is 0.406.